The van der Waals surface area contributed by atoms with Crippen LogP contribution in [-0.2, 0) is 6.54 Å². The summed E-state index contributed by atoms with van der Waals surface area (Å²) in [5.41, 5.74) is 2.70. The standard InChI is InChI=1S/C22H28N4O3/c1-28-19-9-8-17(12-20(19)29-2)13-26-22(27)18-14-25-21(15-24-18)23-11-10-16-6-4-3-5-7-16/h6,8-9,12,14-15H,3-5,7,10-11,13H2,1-2H3,(H,23,25)(H,26,27). The van der Waals surface area contributed by atoms with Crippen molar-refractivity contribution in [2.45, 2.75) is 38.6 Å². The van der Waals surface area contributed by atoms with Gasteiger partial charge in [-0.15, -0.1) is 0 Å². The Bertz CT molecular complexity index is 850. The minimum Gasteiger partial charge on any atom is -0.493 e. The average molecular weight is 396 g/mol. The highest BCUT2D eigenvalue weighted by Crippen LogP contribution is 2.27. The number of amides is 1. The zero-order chi connectivity index (χ0) is 20.5. The van der Waals surface area contributed by atoms with Crippen LogP contribution in [0.3, 0.4) is 0 Å². The van der Waals surface area contributed by atoms with E-state index in [0.717, 1.165) is 18.5 Å². The number of anilines is 1. The highest BCUT2D eigenvalue weighted by atomic mass is 16.5. The van der Waals surface area contributed by atoms with E-state index < -0.39 is 0 Å². The van der Waals surface area contributed by atoms with Crippen LogP contribution in [0.15, 0.2) is 42.2 Å². The molecule has 0 fully saturated rings. The summed E-state index contributed by atoms with van der Waals surface area (Å²) in [4.78, 5) is 20.8. The third kappa shape index (κ3) is 5.94. The number of ether oxygens (including phenoxy) is 2. The molecule has 154 valence electrons. The van der Waals surface area contributed by atoms with Gasteiger partial charge in [0.05, 0.1) is 26.6 Å². The molecule has 0 aliphatic heterocycles. The molecular weight excluding hydrogens is 368 g/mol. The minimum absolute atomic E-state index is 0.272. The molecule has 0 saturated heterocycles. The molecule has 0 atom stereocenters. The highest BCUT2D eigenvalue weighted by Gasteiger charge is 2.10. The Kier molecular flexibility index (Phi) is 7.44. The van der Waals surface area contributed by atoms with Gasteiger partial charge in [-0.1, -0.05) is 17.7 Å². The maximum atomic E-state index is 12.3. The summed E-state index contributed by atoms with van der Waals surface area (Å²) in [5, 5.41) is 6.11. The van der Waals surface area contributed by atoms with Crippen LogP contribution < -0.4 is 20.1 Å². The van der Waals surface area contributed by atoms with E-state index in [-0.39, 0.29) is 11.6 Å². The lowest BCUT2D eigenvalue weighted by molar-refractivity contribution is 0.0945. The first kappa shape index (κ1) is 20.6. The van der Waals surface area contributed by atoms with Crippen molar-refractivity contribution in [1.82, 2.24) is 15.3 Å². The van der Waals surface area contributed by atoms with Gasteiger partial charge in [0.2, 0.25) is 0 Å². The number of allylic oxidation sites excluding steroid dienone is 1. The number of hydrogen-bond donors (Lipinski definition) is 2. The molecule has 3 rings (SSSR count). The first-order valence-corrected chi connectivity index (χ1v) is 9.92. The number of carbonyl (C=O) groups is 1. The van der Waals surface area contributed by atoms with Crippen LogP contribution in [0.1, 0.15) is 48.2 Å². The van der Waals surface area contributed by atoms with E-state index in [9.17, 15) is 4.79 Å². The first-order valence-electron chi connectivity index (χ1n) is 9.92. The van der Waals surface area contributed by atoms with E-state index in [0.29, 0.717) is 23.9 Å². The molecular formula is C22H28N4O3. The molecule has 7 nitrogen and oxygen atoms in total. The van der Waals surface area contributed by atoms with Crippen molar-refractivity contribution in [2.75, 3.05) is 26.1 Å². The van der Waals surface area contributed by atoms with Gasteiger partial charge in [-0.3, -0.25) is 4.79 Å². The number of nitrogens with one attached hydrogen (secondary N) is 2. The number of rotatable bonds is 9. The predicted octanol–water partition coefficient (Wildman–Crippen LogP) is 3.73. The molecule has 1 aromatic heterocycles. The Labute approximate surface area is 171 Å². The average Bonchev–Trinajstić information content (AvgIpc) is 2.78. The van der Waals surface area contributed by atoms with Crippen molar-refractivity contribution in [3.63, 3.8) is 0 Å². The normalized spacial score (nSPS) is 13.4. The monoisotopic (exact) mass is 396 g/mol. The van der Waals surface area contributed by atoms with Crippen molar-refractivity contribution in [1.29, 1.82) is 0 Å². The molecule has 29 heavy (non-hydrogen) atoms. The minimum atomic E-state index is -0.272. The second kappa shape index (κ2) is 10.5. The van der Waals surface area contributed by atoms with Crippen LogP contribution in [0.2, 0.25) is 0 Å². The summed E-state index contributed by atoms with van der Waals surface area (Å²) < 4.78 is 10.5. The van der Waals surface area contributed by atoms with Gasteiger partial charge in [0.1, 0.15) is 11.5 Å². The molecule has 1 aliphatic rings. The topological polar surface area (TPSA) is 85.4 Å². The molecule has 2 aromatic rings. The van der Waals surface area contributed by atoms with E-state index in [1.54, 1.807) is 20.4 Å². The SMILES string of the molecule is COc1ccc(CNC(=O)c2cnc(NCCC3=CCCCC3)cn2)cc1OC. The van der Waals surface area contributed by atoms with Gasteiger partial charge in [-0.05, 0) is 49.8 Å². The Morgan fingerprint density at radius 2 is 1.97 bits per heavy atom. The Morgan fingerprint density at radius 3 is 2.66 bits per heavy atom. The van der Waals surface area contributed by atoms with Gasteiger partial charge in [0.25, 0.3) is 5.91 Å². The molecule has 2 N–H and O–H groups in total. The molecule has 0 saturated carbocycles. The summed E-state index contributed by atoms with van der Waals surface area (Å²) in [6.45, 7) is 1.18. The lowest BCUT2D eigenvalue weighted by Crippen LogP contribution is -2.24. The van der Waals surface area contributed by atoms with Crippen LogP contribution in [0.5, 0.6) is 11.5 Å². The molecule has 0 radical (unpaired) electrons. The third-order valence-corrected chi connectivity index (χ3v) is 4.92. The van der Waals surface area contributed by atoms with Gasteiger partial charge >= 0.3 is 0 Å². The molecule has 0 spiro atoms. The quantitative estimate of drug-likeness (QED) is 0.628. The van der Waals surface area contributed by atoms with Crippen molar-refractivity contribution in [3.8, 4) is 11.5 Å². The highest BCUT2D eigenvalue weighted by molar-refractivity contribution is 5.91. The van der Waals surface area contributed by atoms with Gasteiger partial charge in [0.15, 0.2) is 11.5 Å². The van der Waals surface area contributed by atoms with Crippen molar-refractivity contribution in [3.05, 3.63) is 53.5 Å². The largest absolute Gasteiger partial charge is 0.493 e. The number of aromatic nitrogens is 2. The van der Waals surface area contributed by atoms with Crippen molar-refractivity contribution >= 4 is 11.7 Å². The molecule has 1 amide bonds. The van der Waals surface area contributed by atoms with E-state index in [2.05, 4.69) is 26.7 Å². The summed E-state index contributed by atoms with van der Waals surface area (Å²) >= 11 is 0. The van der Waals surface area contributed by atoms with E-state index in [4.69, 9.17) is 9.47 Å². The van der Waals surface area contributed by atoms with Gasteiger partial charge in [0, 0.05) is 13.1 Å². The fourth-order valence-corrected chi connectivity index (χ4v) is 3.28. The summed E-state index contributed by atoms with van der Waals surface area (Å²) in [7, 11) is 3.17. The van der Waals surface area contributed by atoms with E-state index >= 15 is 0 Å². The summed E-state index contributed by atoms with van der Waals surface area (Å²) in [6, 6.07) is 5.52. The van der Waals surface area contributed by atoms with Crippen LogP contribution >= 0.6 is 0 Å². The zero-order valence-electron chi connectivity index (χ0n) is 17.0. The number of hydrogen-bond acceptors (Lipinski definition) is 6. The second-order valence-corrected chi connectivity index (χ2v) is 6.94. The fourth-order valence-electron chi connectivity index (χ4n) is 3.28. The number of benzene rings is 1. The van der Waals surface area contributed by atoms with E-state index in [1.165, 1.54) is 37.5 Å². The summed E-state index contributed by atoms with van der Waals surface area (Å²) in [6.07, 6.45) is 11.5. The molecule has 0 bridgehead atoms. The second-order valence-electron chi connectivity index (χ2n) is 6.94. The van der Waals surface area contributed by atoms with Crippen LogP contribution in [-0.4, -0.2) is 36.6 Å². The summed E-state index contributed by atoms with van der Waals surface area (Å²) in [5.74, 6) is 1.68. The molecule has 0 unspecified atom stereocenters. The number of carbonyl (C=O) groups excluding carboxylic acids is 1. The predicted molar refractivity (Wildman–Crippen MR) is 112 cm³/mol. The lowest BCUT2D eigenvalue weighted by Gasteiger charge is -2.13. The maximum Gasteiger partial charge on any atom is 0.271 e. The van der Waals surface area contributed by atoms with Crippen LogP contribution in [0, 0.1) is 0 Å². The van der Waals surface area contributed by atoms with Gasteiger partial charge in [-0.2, -0.15) is 0 Å². The fraction of sp³-hybridized carbons (Fsp3) is 0.409. The maximum absolute atomic E-state index is 12.3. The van der Waals surface area contributed by atoms with Crippen molar-refractivity contribution in [2.24, 2.45) is 0 Å². The van der Waals surface area contributed by atoms with Crippen LogP contribution in [0.25, 0.3) is 0 Å². The number of methoxy groups -OCH3 is 2. The smallest absolute Gasteiger partial charge is 0.271 e. The van der Waals surface area contributed by atoms with E-state index in [1.807, 2.05) is 18.2 Å². The lowest BCUT2D eigenvalue weighted by atomic mass is 9.97. The number of nitrogens with zero attached hydrogens (tertiary/aromatic N) is 2. The molecule has 7 heteroatoms. The van der Waals surface area contributed by atoms with Crippen LogP contribution in [0.4, 0.5) is 5.82 Å². The van der Waals surface area contributed by atoms with Crippen molar-refractivity contribution < 1.29 is 14.3 Å². The molecule has 1 aromatic carbocycles. The molecule has 1 heterocycles. The Balaban J connectivity index is 1.48. The Hall–Kier alpha value is -3.09. The van der Waals surface area contributed by atoms with Gasteiger partial charge in [-0.25, -0.2) is 9.97 Å². The van der Waals surface area contributed by atoms with Gasteiger partial charge < -0.3 is 20.1 Å². The Morgan fingerprint density at radius 1 is 1.10 bits per heavy atom. The first-order chi connectivity index (χ1) is 14.2. The molecule has 1 aliphatic carbocycles. The zero-order valence-corrected chi connectivity index (χ0v) is 17.0. The third-order valence-electron chi connectivity index (χ3n) is 4.92.